The van der Waals surface area contributed by atoms with Gasteiger partial charge in [0, 0.05) is 0 Å². The molecule has 2 atom stereocenters. The van der Waals surface area contributed by atoms with Crippen LogP contribution in [0.4, 0.5) is 13.2 Å². The molecule has 3 rings (SSSR count). The van der Waals surface area contributed by atoms with Crippen molar-refractivity contribution in [1.82, 2.24) is 9.55 Å². The molecule has 7 heteroatoms. The summed E-state index contributed by atoms with van der Waals surface area (Å²) >= 11 is -1.71. The molecule has 0 spiro atoms. The van der Waals surface area contributed by atoms with E-state index < -0.39 is 26.4 Å². The third-order valence-corrected chi connectivity index (χ3v) is 11.3. The van der Waals surface area contributed by atoms with Gasteiger partial charge in [0.05, 0.1) is 0 Å². The first-order valence-corrected chi connectivity index (χ1v) is 12.7. The summed E-state index contributed by atoms with van der Waals surface area (Å²) in [5.41, 5.74) is 1.25. The first-order valence-electron chi connectivity index (χ1n) is 9.35. The summed E-state index contributed by atoms with van der Waals surface area (Å²) < 4.78 is 43.4. The van der Waals surface area contributed by atoms with Crippen LogP contribution in [-0.4, -0.2) is 24.2 Å². The zero-order valence-electron chi connectivity index (χ0n) is 16.2. The van der Waals surface area contributed by atoms with E-state index in [1.54, 1.807) is 12.1 Å². The van der Waals surface area contributed by atoms with E-state index >= 15 is 0 Å². The molecule has 0 N–H and O–H groups in total. The molecule has 2 aromatic rings. The van der Waals surface area contributed by atoms with E-state index in [2.05, 4.69) is 36.4 Å². The summed E-state index contributed by atoms with van der Waals surface area (Å²) in [6.07, 6.45) is 3.21. The van der Waals surface area contributed by atoms with Crippen LogP contribution in [0.1, 0.15) is 56.5 Å². The number of benzene rings is 1. The van der Waals surface area contributed by atoms with Crippen molar-refractivity contribution in [3.05, 3.63) is 53.6 Å². The maximum absolute atomic E-state index is 13.4. The summed E-state index contributed by atoms with van der Waals surface area (Å²) in [6, 6.07) is 6.30. The van der Waals surface area contributed by atoms with E-state index in [9.17, 15) is 13.2 Å². The zero-order valence-corrected chi connectivity index (χ0v) is 18.0. The van der Waals surface area contributed by atoms with Gasteiger partial charge in [-0.05, 0) is 0 Å². The van der Waals surface area contributed by atoms with Crippen LogP contribution in [0.25, 0.3) is 5.57 Å². The molecule has 0 saturated heterocycles. The number of aromatic nitrogens is 2. The Bertz CT molecular complexity index is 922. The van der Waals surface area contributed by atoms with E-state index in [4.69, 9.17) is 5.26 Å². The molecule has 0 amide bonds. The Hall–Kier alpha value is -1.99. The summed E-state index contributed by atoms with van der Waals surface area (Å²) in [5, 5.41) is 9.93. The minimum absolute atomic E-state index is 0.299. The zero-order chi connectivity index (χ0) is 20.5. The molecule has 0 bridgehead atoms. The molecule has 148 valence electrons. The monoisotopic (exact) mass is 449 g/mol. The van der Waals surface area contributed by atoms with Gasteiger partial charge in [0.25, 0.3) is 0 Å². The number of allylic oxidation sites excluding steroid dienone is 2. The Morgan fingerprint density at radius 1 is 1.36 bits per heavy atom. The second-order valence-corrected chi connectivity index (χ2v) is 13.1. The van der Waals surface area contributed by atoms with Gasteiger partial charge in [-0.3, -0.25) is 0 Å². The van der Waals surface area contributed by atoms with Gasteiger partial charge in [-0.2, -0.15) is 0 Å². The third kappa shape index (κ3) is 4.05. The van der Waals surface area contributed by atoms with Crippen molar-refractivity contribution in [2.45, 2.75) is 55.7 Å². The Morgan fingerprint density at radius 2 is 2.11 bits per heavy atom. The summed E-state index contributed by atoms with van der Waals surface area (Å²) in [4.78, 5) is 4.27. The quantitative estimate of drug-likeness (QED) is 0.580. The topological polar surface area (TPSA) is 41.6 Å². The van der Waals surface area contributed by atoms with Crippen molar-refractivity contribution in [1.29, 1.82) is 5.26 Å². The number of hydrogen-bond acceptors (Lipinski definition) is 2. The first-order chi connectivity index (χ1) is 13.3. The fourth-order valence-corrected chi connectivity index (χ4v) is 9.35. The fourth-order valence-electron chi connectivity index (χ4n) is 3.80. The molecular formula is C21H23AsF3N3. The minimum atomic E-state index is -4.50. The van der Waals surface area contributed by atoms with Gasteiger partial charge in [0.15, 0.2) is 0 Å². The van der Waals surface area contributed by atoms with Crippen LogP contribution in [0.15, 0.2) is 36.8 Å². The number of halogens is 3. The van der Waals surface area contributed by atoms with Gasteiger partial charge in [-0.25, -0.2) is 0 Å². The van der Waals surface area contributed by atoms with Crippen molar-refractivity contribution < 1.29 is 13.2 Å². The number of hydrogen-bond donors (Lipinski definition) is 0. The number of rotatable bonds is 5. The molecule has 0 aliphatic heterocycles. The average Bonchev–Trinajstić information content (AvgIpc) is 3.30. The predicted octanol–water partition coefficient (Wildman–Crippen LogP) is 5.32. The van der Waals surface area contributed by atoms with Gasteiger partial charge in [-0.15, -0.1) is 0 Å². The predicted molar refractivity (Wildman–Crippen MR) is 106 cm³/mol. The molecule has 1 aromatic carbocycles. The molecule has 0 fully saturated rings. The standard InChI is InChI=1S/C21H23AsF3N3/c1-4-22(18-8-6-16(11-26)19(10-18)21(23,24)25)17-7-5-15(9-17)20-12-27-13-28(20)14(2)3/h5-6,8,10,12-14,17H,4,7,9H2,1-3H3. The third-order valence-electron chi connectivity index (χ3n) is 5.19. The van der Waals surface area contributed by atoms with E-state index in [1.807, 2.05) is 12.5 Å². The van der Waals surface area contributed by atoms with Crippen LogP contribution in [0.2, 0.25) is 9.91 Å². The molecule has 1 aliphatic carbocycles. The van der Waals surface area contributed by atoms with Gasteiger partial charge in [0.1, 0.15) is 0 Å². The van der Waals surface area contributed by atoms with Crippen LogP contribution in [0, 0.1) is 11.3 Å². The molecule has 3 nitrogen and oxygen atoms in total. The molecule has 1 aromatic heterocycles. The Kier molecular flexibility index (Phi) is 6.05. The second-order valence-electron chi connectivity index (χ2n) is 7.23. The van der Waals surface area contributed by atoms with Crippen LogP contribution < -0.4 is 4.35 Å². The van der Waals surface area contributed by atoms with E-state index in [1.165, 1.54) is 17.7 Å². The second kappa shape index (κ2) is 8.17. The van der Waals surface area contributed by atoms with E-state index in [0.717, 1.165) is 28.1 Å². The number of imidazole rings is 1. The van der Waals surface area contributed by atoms with Crippen molar-refractivity contribution >= 4 is 24.6 Å². The number of alkyl halides is 3. The van der Waals surface area contributed by atoms with Crippen LogP contribution in [0.3, 0.4) is 0 Å². The van der Waals surface area contributed by atoms with Crippen molar-refractivity contribution in [3.8, 4) is 6.07 Å². The Labute approximate surface area is 168 Å². The van der Waals surface area contributed by atoms with Crippen molar-refractivity contribution in [2.24, 2.45) is 0 Å². The fraction of sp³-hybridized carbons (Fsp3) is 0.429. The molecule has 28 heavy (non-hydrogen) atoms. The van der Waals surface area contributed by atoms with Crippen molar-refractivity contribution in [3.63, 3.8) is 0 Å². The summed E-state index contributed by atoms with van der Waals surface area (Å²) in [5.74, 6) is 0. The van der Waals surface area contributed by atoms with E-state index in [0.29, 0.717) is 10.7 Å². The molecule has 1 aliphatic rings. The average molecular weight is 449 g/mol. The maximum atomic E-state index is 13.4. The number of nitriles is 1. The summed E-state index contributed by atoms with van der Waals surface area (Å²) in [7, 11) is 0. The Morgan fingerprint density at radius 3 is 2.71 bits per heavy atom. The molecule has 0 saturated carbocycles. The molecule has 2 unspecified atom stereocenters. The van der Waals surface area contributed by atoms with Crippen LogP contribution in [0.5, 0.6) is 0 Å². The molecular weight excluding hydrogens is 426 g/mol. The van der Waals surface area contributed by atoms with E-state index in [-0.39, 0.29) is 5.56 Å². The first kappa shape index (κ1) is 20.7. The Balaban J connectivity index is 1.86. The SMILES string of the molecule is CC[As](c1ccc(C#N)c(C(F)(F)F)c1)C1CC=C(c2cncn2C(C)C)C1. The van der Waals surface area contributed by atoms with Gasteiger partial charge < -0.3 is 0 Å². The number of nitrogens with zero attached hydrogens (tertiary/aromatic N) is 3. The normalized spacial score (nSPS) is 18.2. The van der Waals surface area contributed by atoms with Gasteiger partial charge in [0.2, 0.25) is 0 Å². The van der Waals surface area contributed by atoms with Gasteiger partial charge >= 0.3 is 168 Å². The van der Waals surface area contributed by atoms with Gasteiger partial charge in [-0.1, -0.05) is 0 Å². The van der Waals surface area contributed by atoms with Crippen LogP contribution >= 0.6 is 0 Å². The van der Waals surface area contributed by atoms with Crippen LogP contribution in [-0.2, 0) is 6.18 Å². The molecule has 1 heterocycles. The summed E-state index contributed by atoms with van der Waals surface area (Å²) in [6.45, 7) is 6.29. The van der Waals surface area contributed by atoms with Crippen molar-refractivity contribution in [2.75, 3.05) is 0 Å². The molecule has 0 radical (unpaired) electrons.